The second-order valence-corrected chi connectivity index (χ2v) is 8.36. The standard InChI is InChI=1S/C27H35N3O3/c1-3-17-32-19-20-33-18-16-29-12-14-30(15-13-29)24-7-4-22(5-8-24)26-10-6-23-21-25(31-2)9-11-27(23)28-26/h4-11,21H,3,12-20H2,1-2H3. The summed E-state index contributed by atoms with van der Waals surface area (Å²) in [4.78, 5) is 9.77. The van der Waals surface area contributed by atoms with Crippen molar-refractivity contribution in [3.63, 3.8) is 0 Å². The van der Waals surface area contributed by atoms with Crippen LogP contribution in [0.25, 0.3) is 22.2 Å². The van der Waals surface area contributed by atoms with E-state index in [0.29, 0.717) is 13.2 Å². The van der Waals surface area contributed by atoms with Crippen LogP contribution in [0.4, 0.5) is 5.69 Å². The van der Waals surface area contributed by atoms with Crippen LogP contribution in [0.3, 0.4) is 0 Å². The predicted octanol–water partition coefficient (Wildman–Crippen LogP) is 4.48. The molecule has 1 aromatic heterocycles. The van der Waals surface area contributed by atoms with E-state index >= 15 is 0 Å². The van der Waals surface area contributed by atoms with Crippen molar-refractivity contribution < 1.29 is 14.2 Å². The van der Waals surface area contributed by atoms with E-state index in [0.717, 1.165) is 80.3 Å². The van der Waals surface area contributed by atoms with Gasteiger partial charge >= 0.3 is 0 Å². The van der Waals surface area contributed by atoms with Crippen LogP contribution in [0.15, 0.2) is 54.6 Å². The number of hydrogen-bond acceptors (Lipinski definition) is 6. The van der Waals surface area contributed by atoms with Gasteiger partial charge in [-0.2, -0.15) is 0 Å². The van der Waals surface area contributed by atoms with Crippen LogP contribution in [0.2, 0.25) is 0 Å². The van der Waals surface area contributed by atoms with E-state index in [1.165, 1.54) is 5.69 Å². The number of methoxy groups -OCH3 is 1. The van der Waals surface area contributed by atoms with Gasteiger partial charge in [0, 0.05) is 56.0 Å². The van der Waals surface area contributed by atoms with Crippen LogP contribution in [0.1, 0.15) is 13.3 Å². The SMILES string of the molecule is CCCOCCOCCN1CCN(c2ccc(-c3ccc4cc(OC)ccc4n3)cc2)CC1. The quantitative estimate of drug-likeness (QED) is 0.403. The Labute approximate surface area is 197 Å². The fraction of sp³-hybridized carbons (Fsp3) is 0.444. The van der Waals surface area contributed by atoms with Gasteiger partial charge in [-0.25, -0.2) is 4.98 Å². The number of piperazine rings is 1. The summed E-state index contributed by atoms with van der Waals surface area (Å²) in [5.41, 5.74) is 4.37. The third-order valence-corrected chi connectivity index (χ3v) is 6.07. The Hall–Kier alpha value is -2.67. The zero-order chi connectivity index (χ0) is 22.9. The van der Waals surface area contributed by atoms with Crippen LogP contribution in [-0.4, -0.2) is 76.1 Å². The molecule has 0 aliphatic carbocycles. The van der Waals surface area contributed by atoms with E-state index < -0.39 is 0 Å². The molecule has 6 nitrogen and oxygen atoms in total. The predicted molar refractivity (Wildman–Crippen MR) is 134 cm³/mol. The summed E-state index contributed by atoms with van der Waals surface area (Å²) < 4.78 is 16.5. The molecule has 4 rings (SSSR count). The third kappa shape index (κ3) is 6.44. The first-order valence-electron chi connectivity index (χ1n) is 11.9. The molecule has 33 heavy (non-hydrogen) atoms. The molecule has 1 saturated heterocycles. The molecule has 0 radical (unpaired) electrons. The lowest BCUT2D eigenvalue weighted by molar-refractivity contribution is 0.0383. The maximum Gasteiger partial charge on any atom is 0.119 e. The number of rotatable bonds is 11. The summed E-state index contributed by atoms with van der Waals surface area (Å²) in [5.74, 6) is 0.853. The molecule has 1 aliphatic heterocycles. The molecule has 2 aromatic carbocycles. The average molecular weight is 450 g/mol. The lowest BCUT2D eigenvalue weighted by Crippen LogP contribution is -2.47. The smallest absolute Gasteiger partial charge is 0.119 e. The summed E-state index contributed by atoms with van der Waals surface area (Å²) in [7, 11) is 1.69. The third-order valence-electron chi connectivity index (χ3n) is 6.07. The Balaban J connectivity index is 1.26. The second kappa shape index (κ2) is 12.0. The van der Waals surface area contributed by atoms with Crippen molar-refractivity contribution in [1.82, 2.24) is 9.88 Å². The molecule has 0 N–H and O–H groups in total. The number of benzene rings is 2. The first-order chi connectivity index (χ1) is 16.3. The largest absolute Gasteiger partial charge is 0.497 e. The highest BCUT2D eigenvalue weighted by Crippen LogP contribution is 2.26. The number of hydrogen-bond donors (Lipinski definition) is 0. The fourth-order valence-corrected chi connectivity index (χ4v) is 4.12. The van der Waals surface area contributed by atoms with Gasteiger partial charge in [-0.3, -0.25) is 4.90 Å². The monoisotopic (exact) mass is 449 g/mol. The number of anilines is 1. The minimum atomic E-state index is 0.687. The van der Waals surface area contributed by atoms with Gasteiger partial charge in [-0.15, -0.1) is 0 Å². The van der Waals surface area contributed by atoms with Gasteiger partial charge in [0.05, 0.1) is 38.1 Å². The summed E-state index contributed by atoms with van der Waals surface area (Å²) in [6.45, 7) is 10.3. The van der Waals surface area contributed by atoms with Gasteiger partial charge in [0.25, 0.3) is 0 Å². The molecule has 3 aromatic rings. The second-order valence-electron chi connectivity index (χ2n) is 8.36. The van der Waals surface area contributed by atoms with Crippen molar-refractivity contribution in [3.05, 3.63) is 54.6 Å². The molecule has 0 bridgehead atoms. The molecule has 2 heterocycles. The van der Waals surface area contributed by atoms with Crippen molar-refractivity contribution in [2.75, 3.05) is 71.2 Å². The minimum absolute atomic E-state index is 0.687. The molecule has 1 fully saturated rings. The van der Waals surface area contributed by atoms with Gasteiger partial charge in [0.15, 0.2) is 0 Å². The van der Waals surface area contributed by atoms with Gasteiger partial charge in [-0.1, -0.05) is 25.1 Å². The van der Waals surface area contributed by atoms with Gasteiger partial charge in [0.2, 0.25) is 0 Å². The van der Waals surface area contributed by atoms with Gasteiger partial charge < -0.3 is 19.1 Å². The summed E-state index contributed by atoms with van der Waals surface area (Å²) in [6.07, 6.45) is 1.06. The van der Waals surface area contributed by atoms with Crippen LogP contribution in [-0.2, 0) is 9.47 Å². The molecule has 0 amide bonds. The molecule has 0 atom stereocenters. The van der Waals surface area contributed by atoms with Crippen LogP contribution < -0.4 is 9.64 Å². The van der Waals surface area contributed by atoms with Crippen molar-refractivity contribution in [3.8, 4) is 17.0 Å². The van der Waals surface area contributed by atoms with E-state index in [1.54, 1.807) is 7.11 Å². The molecule has 0 spiro atoms. The Morgan fingerprint density at radius 1 is 0.818 bits per heavy atom. The maximum absolute atomic E-state index is 5.70. The minimum Gasteiger partial charge on any atom is -0.497 e. The van der Waals surface area contributed by atoms with Gasteiger partial charge in [0.1, 0.15) is 5.75 Å². The van der Waals surface area contributed by atoms with Gasteiger partial charge in [-0.05, 0) is 42.8 Å². The number of nitrogens with zero attached hydrogens (tertiary/aromatic N) is 3. The Morgan fingerprint density at radius 2 is 1.58 bits per heavy atom. The van der Waals surface area contributed by atoms with E-state index in [1.807, 2.05) is 18.2 Å². The van der Waals surface area contributed by atoms with Crippen molar-refractivity contribution >= 4 is 16.6 Å². The van der Waals surface area contributed by atoms with Crippen molar-refractivity contribution in [2.24, 2.45) is 0 Å². The Bertz CT molecular complexity index is 1000. The molecule has 1 aliphatic rings. The highest BCUT2D eigenvalue weighted by Gasteiger charge is 2.17. The fourth-order valence-electron chi connectivity index (χ4n) is 4.12. The van der Waals surface area contributed by atoms with Crippen molar-refractivity contribution in [1.29, 1.82) is 0 Å². The molecular weight excluding hydrogens is 414 g/mol. The molecule has 6 heteroatoms. The number of fused-ring (bicyclic) bond motifs is 1. The van der Waals surface area contributed by atoms with E-state index in [4.69, 9.17) is 19.2 Å². The van der Waals surface area contributed by atoms with Crippen LogP contribution in [0.5, 0.6) is 5.75 Å². The van der Waals surface area contributed by atoms with E-state index in [-0.39, 0.29) is 0 Å². The topological polar surface area (TPSA) is 47.1 Å². The van der Waals surface area contributed by atoms with Crippen LogP contribution >= 0.6 is 0 Å². The number of pyridine rings is 1. The first-order valence-corrected chi connectivity index (χ1v) is 11.9. The Morgan fingerprint density at radius 3 is 2.30 bits per heavy atom. The average Bonchev–Trinajstić information content (AvgIpc) is 2.88. The summed E-state index contributed by atoms with van der Waals surface area (Å²) in [6, 6.07) is 18.9. The highest BCUT2D eigenvalue weighted by molar-refractivity contribution is 5.83. The molecular formula is C27H35N3O3. The van der Waals surface area contributed by atoms with E-state index in [2.05, 4.69) is 53.1 Å². The first kappa shape index (κ1) is 23.5. The number of aromatic nitrogens is 1. The van der Waals surface area contributed by atoms with Crippen molar-refractivity contribution in [2.45, 2.75) is 13.3 Å². The zero-order valence-electron chi connectivity index (χ0n) is 19.8. The number of ether oxygens (including phenoxy) is 3. The zero-order valence-corrected chi connectivity index (χ0v) is 19.8. The lowest BCUT2D eigenvalue weighted by atomic mass is 10.1. The molecule has 0 unspecified atom stereocenters. The highest BCUT2D eigenvalue weighted by atomic mass is 16.5. The van der Waals surface area contributed by atoms with E-state index in [9.17, 15) is 0 Å². The summed E-state index contributed by atoms with van der Waals surface area (Å²) in [5, 5.41) is 1.09. The normalized spacial score (nSPS) is 14.7. The molecule has 176 valence electrons. The van der Waals surface area contributed by atoms with Crippen LogP contribution in [0, 0.1) is 0 Å². The lowest BCUT2D eigenvalue weighted by Gasteiger charge is -2.36. The molecule has 0 saturated carbocycles. The maximum atomic E-state index is 5.70. The Kier molecular flexibility index (Phi) is 8.53. The summed E-state index contributed by atoms with van der Waals surface area (Å²) >= 11 is 0.